The third-order valence-electron chi connectivity index (χ3n) is 3.24. The number of hydrogen-bond donors (Lipinski definition) is 2. The van der Waals surface area contributed by atoms with Gasteiger partial charge in [-0.05, 0) is 25.0 Å². The van der Waals surface area contributed by atoms with Crippen molar-refractivity contribution >= 4 is 5.91 Å². The maximum Gasteiger partial charge on any atom is 0.287 e. The van der Waals surface area contributed by atoms with Crippen molar-refractivity contribution in [1.29, 1.82) is 0 Å². The molecule has 1 aromatic heterocycles. The van der Waals surface area contributed by atoms with Gasteiger partial charge in [-0.25, -0.2) is 0 Å². The van der Waals surface area contributed by atoms with Crippen LogP contribution in [0.25, 0.3) is 0 Å². The normalized spacial score (nSPS) is 19.3. The average Bonchev–Trinajstić information content (AvgIpc) is 2.84. The number of rotatable bonds is 3. The largest absolute Gasteiger partial charge is 0.459 e. The molecule has 1 saturated carbocycles. The van der Waals surface area contributed by atoms with Crippen LogP contribution in [0.4, 0.5) is 0 Å². The molecule has 0 spiro atoms. The Kier molecular flexibility index (Phi) is 3.29. The summed E-state index contributed by atoms with van der Waals surface area (Å²) in [5.41, 5.74) is -0.442. The van der Waals surface area contributed by atoms with Gasteiger partial charge in [0.05, 0.1) is 18.4 Å². The molecule has 0 aliphatic heterocycles. The Morgan fingerprint density at radius 2 is 2.19 bits per heavy atom. The van der Waals surface area contributed by atoms with Crippen molar-refractivity contribution in [3.8, 4) is 0 Å². The highest BCUT2D eigenvalue weighted by Gasteiger charge is 2.33. The lowest BCUT2D eigenvalue weighted by atomic mass is 9.82. The number of aliphatic hydroxyl groups excluding tert-OH is 1. The Morgan fingerprint density at radius 3 is 2.75 bits per heavy atom. The first-order valence-corrected chi connectivity index (χ1v) is 5.73. The number of nitrogens with one attached hydrogen (secondary N) is 1. The van der Waals surface area contributed by atoms with Gasteiger partial charge in [0.2, 0.25) is 0 Å². The van der Waals surface area contributed by atoms with Crippen LogP contribution in [0.2, 0.25) is 0 Å². The van der Waals surface area contributed by atoms with Gasteiger partial charge in [-0.2, -0.15) is 0 Å². The Bertz CT molecular complexity index is 339. The maximum atomic E-state index is 11.8. The Labute approximate surface area is 94.6 Å². The molecular formula is C12H17NO3. The summed E-state index contributed by atoms with van der Waals surface area (Å²) in [5.74, 6) is 0.0688. The molecule has 2 rings (SSSR count). The van der Waals surface area contributed by atoms with Crippen LogP contribution in [0.5, 0.6) is 0 Å². The van der Waals surface area contributed by atoms with E-state index in [1.54, 1.807) is 12.1 Å². The van der Waals surface area contributed by atoms with Crippen molar-refractivity contribution < 1.29 is 14.3 Å². The lowest BCUT2D eigenvalue weighted by Crippen LogP contribution is -2.52. The molecule has 88 valence electrons. The molecule has 0 aromatic carbocycles. The highest BCUT2D eigenvalue weighted by Crippen LogP contribution is 2.28. The number of carbonyl (C=O) groups excluding carboxylic acids is 1. The second-order valence-electron chi connectivity index (χ2n) is 4.43. The van der Waals surface area contributed by atoms with Gasteiger partial charge in [0.25, 0.3) is 5.91 Å². The predicted molar refractivity (Wildman–Crippen MR) is 59.1 cm³/mol. The van der Waals surface area contributed by atoms with E-state index >= 15 is 0 Å². The molecule has 0 bridgehead atoms. The number of hydrogen-bond acceptors (Lipinski definition) is 3. The zero-order valence-corrected chi connectivity index (χ0v) is 9.24. The quantitative estimate of drug-likeness (QED) is 0.819. The van der Waals surface area contributed by atoms with Crippen molar-refractivity contribution in [2.24, 2.45) is 0 Å². The van der Waals surface area contributed by atoms with E-state index in [-0.39, 0.29) is 12.5 Å². The second kappa shape index (κ2) is 4.70. The monoisotopic (exact) mass is 223 g/mol. The SMILES string of the molecule is O=C(NC1(CO)CCCCC1)c1ccco1. The molecule has 1 heterocycles. The molecule has 2 N–H and O–H groups in total. The minimum absolute atomic E-state index is 0.000547. The fraction of sp³-hybridized carbons (Fsp3) is 0.583. The molecule has 0 unspecified atom stereocenters. The van der Waals surface area contributed by atoms with Gasteiger partial charge in [0.1, 0.15) is 0 Å². The summed E-state index contributed by atoms with van der Waals surface area (Å²) in [6, 6.07) is 3.31. The molecule has 0 saturated heterocycles. The summed E-state index contributed by atoms with van der Waals surface area (Å²) in [6.07, 6.45) is 6.45. The van der Waals surface area contributed by atoms with Crippen molar-refractivity contribution in [3.63, 3.8) is 0 Å². The molecule has 0 radical (unpaired) electrons. The lowest BCUT2D eigenvalue weighted by Gasteiger charge is -2.36. The van der Waals surface area contributed by atoms with Crippen LogP contribution in [-0.2, 0) is 0 Å². The standard InChI is InChI=1S/C12H17NO3/c14-9-12(6-2-1-3-7-12)13-11(15)10-5-4-8-16-10/h4-5,8,14H,1-3,6-7,9H2,(H,13,15). The van der Waals surface area contributed by atoms with Crippen molar-refractivity contribution in [2.45, 2.75) is 37.6 Å². The van der Waals surface area contributed by atoms with Gasteiger partial charge in [-0.15, -0.1) is 0 Å². The van der Waals surface area contributed by atoms with Gasteiger partial charge >= 0.3 is 0 Å². The number of furan rings is 1. The van der Waals surface area contributed by atoms with E-state index in [4.69, 9.17) is 4.42 Å². The van der Waals surface area contributed by atoms with E-state index in [1.807, 2.05) is 0 Å². The summed E-state index contributed by atoms with van der Waals surface area (Å²) in [7, 11) is 0. The minimum Gasteiger partial charge on any atom is -0.459 e. The first kappa shape index (κ1) is 11.2. The fourth-order valence-corrected chi connectivity index (χ4v) is 2.26. The first-order valence-electron chi connectivity index (χ1n) is 5.73. The number of aliphatic hydroxyl groups is 1. The van der Waals surface area contributed by atoms with E-state index in [2.05, 4.69) is 5.32 Å². The molecule has 4 nitrogen and oxygen atoms in total. The molecule has 1 aromatic rings. The Balaban J connectivity index is 2.03. The zero-order valence-electron chi connectivity index (χ0n) is 9.24. The Hall–Kier alpha value is -1.29. The molecule has 4 heteroatoms. The van der Waals surface area contributed by atoms with Gasteiger partial charge in [-0.1, -0.05) is 19.3 Å². The highest BCUT2D eigenvalue weighted by atomic mass is 16.3. The first-order chi connectivity index (χ1) is 7.76. The van der Waals surface area contributed by atoms with Crippen LogP contribution in [-0.4, -0.2) is 23.2 Å². The van der Waals surface area contributed by atoms with Crippen LogP contribution in [0.15, 0.2) is 22.8 Å². The van der Waals surface area contributed by atoms with Crippen LogP contribution in [0, 0.1) is 0 Å². The van der Waals surface area contributed by atoms with E-state index in [9.17, 15) is 9.90 Å². The van der Waals surface area contributed by atoms with Crippen molar-refractivity contribution in [3.05, 3.63) is 24.2 Å². The van der Waals surface area contributed by atoms with Gasteiger partial charge in [0, 0.05) is 0 Å². The molecule has 1 aliphatic rings. The van der Waals surface area contributed by atoms with Crippen LogP contribution < -0.4 is 5.32 Å². The predicted octanol–water partition coefficient (Wildman–Crippen LogP) is 1.70. The summed E-state index contributed by atoms with van der Waals surface area (Å²) in [5, 5.41) is 12.3. The van der Waals surface area contributed by atoms with E-state index in [1.165, 1.54) is 12.7 Å². The van der Waals surface area contributed by atoms with Crippen molar-refractivity contribution in [2.75, 3.05) is 6.61 Å². The molecule has 16 heavy (non-hydrogen) atoms. The van der Waals surface area contributed by atoms with E-state index < -0.39 is 5.54 Å². The molecule has 0 atom stereocenters. The fourth-order valence-electron chi connectivity index (χ4n) is 2.26. The maximum absolute atomic E-state index is 11.8. The van der Waals surface area contributed by atoms with Crippen LogP contribution in [0.1, 0.15) is 42.7 Å². The average molecular weight is 223 g/mol. The minimum atomic E-state index is -0.442. The molecular weight excluding hydrogens is 206 g/mol. The van der Waals surface area contributed by atoms with Crippen LogP contribution >= 0.6 is 0 Å². The highest BCUT2D eigenvalue weighted by molar-refractivity contribution is 5.91. The molecule has 1 aliphatic carbocycles. The third-order valence-corrected chi connectivity index (χ3v) is 3.24. The lowest BCUT2D eigenvalue weighted by molar-refractivity contribution is 0.0733. The van der Waals surface area contributed by atoms with E-state index in [0.29, 0.717) is 5.76 Å². The zero-order chi connectivity index (χ0) is 11.4. The Morgan fingerprint density at radius 1 is 1.44 bits per heavy atom. The summed E-state index contributed by atoms with van der Waals surface area (Å²) < 4.78 is 5.03. The summed E-state index contributed by atoms with van der Waals surface area (Å²) in [6.45, 7) is -0.000547. The van der Waals surface area contributed by atoms with Crippen LogP contribution in [0.3, 0.4) is 0 Å². The van der Waals surface area contributed by atoms with Gasteiger partial charge in [-0.3, -0.25) is 4.79 Å². The number of carbonyl (C=O) groups is 1. The molecule has 1 fully saturated rings. The van der Waals surface area contributed by atoms with E-state index in [0.717, 1.165) is 25.7 Å². The topological polar surface area (TPSA) is 62.5 Å². The van der Waals surface area contributed by atoms with Crippen molar-refractivity contribution in [1.82, 2.24) is 5.32 Å². The molecule has 1 amide bonds. The van der Waals surface area contributed by atoms with Gasteiger partial charge < -0.3 is 14.8 Å². The third kappa shape index (κ3) is 2.27. The second-order valence-corrected chi connectivity index (χ2v) is 4.43. The smallest absolute Gasteiger partial charge is 0.287 e. The summed E-state index contributed by atoms with van der Waals surface area (Å²) >= 11 is 0. The van der Waals surface area contributed by atoms with Gasteiger partial charge in [0.15, 0.2) is 5.76 Å². The summed E-state index contributed by atoms with van der Waals surface area (Å²) in [4.78, 5) is 11.8. The number of amides is 1.